The fourth-order valence-corrected chi connectivity index (χ4v) is 0.438. The van der Waals surface area contributed by atoms with Gasteiger partial charge in [-0.3, -0.25) is 0 Å². The lowest BCUT2D eigenvalue weighted by Gasteiger charge is -2.05. The van der Waals surface area contributed by atoms with Crippen LogP contribution in [0.4, 0.5) is 0 Å². The van der Waals surface area contributed by atoms with E-state index in [0.717, 1.165) is 0 Å². The van der Waals surface area contributed by atoms with Crippen molar-refractivity contribution in [1.82, 2.24) is 0 Å². The summed E-state index contributed by atoms with van der Waals surface area (Å²) in [6, 6.07) is 0. The van der Waals surface area contributed by atoms with Gasteiger partial charge in [0.1, 0.15) is 0 Å². The van der Waals surface area contributed by atoms with Gasteiger partial charge >= 0.3 is 0 Å². The molecule has 0 aliphatic rings. The molecule has 50 valence electrons. The molecule has 0 aliphatic heterocycles. The van der Waals surface area contributed by atoms with Crippen LogP contribution in [0.25, 0.3) is 0 Å². The molecule has 0 atom stereocenters. The topological polar surface area (TPSA) is 45.4 Å². The van der Waals surface area contributed by atoms with Gasteiger partial charge in [0.05, 0.1) is 6.10 Å². The lowest BCUT2D eigenvalue weighted by atomic mass is 10.5. The molecule has 0 amide bonds. The van der Waals surface area contributed by atoms with Crippen LogP contribution in [-0.2, 0) is 4.74 Å². The third-order valence-corrected chi connectivity index (χ3v) is 0.614. The van der Waals surface area contributed by atoms with Crippen molar-refractivity contribution >= 4 is 5.90 Å². The number of nitriles is 1. The summed E-state index contributed by atoms with van der Waals surface area (Å²) >= 11 is 0. The van der Waals surface area contributed by atoms with Crippen LogP contribution in [0, 0.1) is 11.5 Å². The SMILES string of the molecule is CC(=NC#N)OC(C)C. The van der Waals surface area contributed by atoms with Gasteiger partial charge in [-0.25, -0.2) is 0 Å². The average molecular weight is 126 g/mol. The van der Waals surface area contributed by atoms with Gasteiger partial charge in [-0.05, 0) is 13.8 Å². The van der Waals surface area contributed by atoms with E-state index in [1.807, 2.05) is 13.8 Å². The molecule has 0 aromatic heterocycles. The highest BCUT2D eigenvalue weighted by molar-refractivity contribution is 5.74. The molecule has 3 nitrogen and oxygen atoms in total. The van der Waals surface area contributed by atoms with Crippen molar-refractivity contribution in [3.8, 4) is 6.19 Å². The lowest BCUT2D eigenvalue weighted by Crippen LogP contribution is -2.07. The Hall–Kier alpha value is -1.04. The van der Waals surface area contributed by atoms with Gasteiger partial charge in [-0.2, -0.15) is 5.26 Å². The molecule has 0 fully saturated rings. The Kier molecular flexibility index (Phi) is 3.45. The van der Waals surface area contributed by atoms with Crippen molar-refractivity contribution in [1.29, 1.82) is 5.26 Å². The molecule has 0 rings (SSSR count). The number of aliphatic imine (C=N–C) groups is 1. The molecule has 0 aromatic carbocycles. The summed E-state index contributed by atoms with van der Waals surface area (Å²) in [6.45, 7) is 5.43. The molecule has 0 radical (unpaired) electrons. The van der Waals surface area contributed by atoms with Crippen LogP contribution in [-0.4, -0.2) is 12.0 Å². The minimum absolute atomic E-state index is 0.0992. The van der Waals surface area contributed by atoms with Crippen molar-refractivity contribution < 1.29 is 4.74 Å². The van der Waals surface area contributed by atoms with Crippen LogP contribution in [0.1, 0.15) is 20.8 Å². The molecule has 0 aliphatic carbocycles. The molecule has 0 saturated heterocycles. The van der Waals surface area contributed by atoms with Crippen LogP contribution in [0.5, 0.6) is 0 Å². The van der Waals surface area contributed by atoms with Crippen molar-refractivity contribution in [3.63, 3.8) is 0 Å². The normalized spacial score (nSPS) is 11.2. The number of nitrogens with zero attached hydrogens (tertiary/aromatic N) is 2. The zero-order valence-corrected chi connectivity index (χ0v) is 5.88. The van der Waals surface area contributed by atoms with Gasteiger partial charge in [0.25, 0.3) is 0 Å². The van der Waals surface area contributed by atoms with Crippen molar-refractivity contribution in [2.75, 3.05) is 0 Å². The maximum Gasteiger partial charge on any atom is 0.208 e. The largest absolute Gasteiger partial charge is 0.478 e. The van der Waals surface area contributed by atoms with Gasteiger partial charge in [0.15, 0.2) is 5.90 Å². The van der Waals surface area contributed by atoms with Gasteiger partial charge in [-0.1, -0.05) is 0 Å². The van der Waals surface area contributed by atoms with Gasteiger partial charge in [0, 0.05) is 6.92 Å². The van der Waals surface area contributed by atoms with Crippen LogP contribution < -0.4 is 0 Å². The minimum Gasteiger partial charge on any atom is -0.478 e. The first kappa shape index (κ1) is 7.96. The predicted octanol–water partition coefficient (Wildman–Crippen LogP) is 1.31. The predicted molar refractivity (Wildman–Crippen MR) is 34.9 cm³/mol. The molecule has 0 heterocycles. The van der Waals surface area contributed by atoms with Gasteiger partial charge < -0.3 is 4.74 Å². The third-order valence-electron chi connectivity index (χ3n) is 0.614. The molecule has 0 aromatic rings. The van der Waals surface area contributed by atoms with E-state index in [0.29, 0.717) is 5.90 Å². The highest BCUT2D eigenvalue weighted by Crippen LogP contribution is 1.89. The van der Waals surface area contributed by atoms with Crippen LogP contribution in [0.15, 0.2) is 4.99 Å². The monoisotopic (exact) mass is 126 g/mol. The fraction of sp³-hybridized carbons (Fsp3) is 0.667. The second-order valence-electron chi connectivity index (χ2n) is 1.90. The Morgan fingerprint density at radius 2 is 2.22 bits per heavy atom. The summed E-state index contributed by atoms with van der Waals surface area (Å²) in [7, 11) is 0. The third kappa shape index (κ3) is 4.82. The summed E-state index contributed by atoms with van der Waals surface area (Å²) in [5, 5.41) is 8.03. The van der Waals surface area contributed by atoms with E-state index < -0.39 is 0 Å². The molecule has 0 bridgehead atoms. The maximum atomic E-state index is 8.03. The fourth-order valence-electron chi connectivity index (χ4n) is 0.438. The van der Waals surface area contributed by atoms with Gasteiger partial charge in [0.2, 0.25) is 6.19 Å². The molecule has 0 unspecified atom stereocenters. The Balaban J connectivity index is 3.66. The Labute approximate surface area is 55.0 Å². The van der Waals surface area contributed by atoms with Crippen LogP contribution in [0.3, 0.4) is 0 Å². The smallest absolute Gasteiger partial charge is 0.208 e. The number of hydrogen-bond acceptors (Lipinski definition) is 3. The molecular weight excluding hydrogens is 116 g/mol. The molecule has 3 heteroatoms. The van der Waals surface area contributed by atoms with Crippen molar-refractivity contribution in [3.05, 3.63) is 0 Å². The second kappa shape index (κ2) is 3.90. The standard InChI is InChI=1S/C6H10N2O/c1-5(2)9-6(3)8-4-7/h5H,1-3H3. The first-order valence-electron chi connectivity index (χ1n) is 2.77. The Morgan fingerprint density at radius 3 is 2.56 bits per heavy atom. The molecule has 0 N–H and O–H groups in total. The zero-order chi connectivity index (χ0) is 7.28. The van der Waals surface area contributed by atoms with Gasteiger partial charge in [-0.15, -0.1) is 4.99 Å². The van der Waals surface area contributed by atoms with E-state index in [4.69, 9.17) is 10.00 Å². The van der Waals surface area contributed by atoms with E-state index in [1.165, 1.54) is 0 Å². The summed E-state index contributed by atoms with van der Waals surface area (Å²) < 4.78 is 5.02. The van der Waals surface area contributed by atoms with E-state index in [2.05, 4.69) is 4.99 Å². The molecular formula is C6H10N2O. The highest BCUT2D eigenvalue weighted by atomic mass is 16.5. The van der Waals surface area contributed by atoms with Crippen molar-refractivity contribution in [2.24, 2.45) is 4.99 Å². The zero-order valence-electron chi connectivity index (χ0n) is 5.88. The van der Waals surface area contributed by atoms with Crippen molar-refractivity contribution in [2.45, 2.75) is 26.9 Å². The number of hydrogen-bond donors (Lipinski definition) is 0. The second-order valence-corrected chi connectivity index (χ2v) is 1.90. The minimum atomic E-state index is 0.0992. The van der Waals surface area contributed by atoms with E-state index in [9.17, 15) is 0 Å². The highest BCUT2D eigenvalue weighted by Gasteiger charge is 1.93. The van der Waals surface area contributed by atoms with E-state index in [-0.39, 0.29) is 6.10 Å². The average Bonchev–Trinajstić information content (AvgIpc) is 1.63. The molecule has 9 heavy (non-hydrogen) atoms. The maximum absolute atomic E-state index is 8.03. The summed E-state index contributed by atoms with van der Waals surface area (Å²) in [5.41, 5.74) is 0. The molecule has 0 spiro atoms. The first-order valence-corrected chi connectivity index (χ1v) is 2.77. The summed E-state index contributed by atoms with van der Waals surface area (Å²) in [5.74, 6) is 0.424. The summed E-state index contributed by atoms with van der Waals surface area (Å²) in [6.07, 6.45) is 1.73. The van der Waals surface area contributed by atoms with E-state index >= 15 is 0 Å². The lowest BCUT2D eigenvalue weighted by molar-refractivity contribution is 0.226. The Bertz CT molecular complexity index is 144. The van der Waals surface area contributed by atoms with E-state index in [1.54, 1.807) is 13.1 Å². The number of ether oxygens (including phenoxy) is 1. The Morgan fingerprint density at radius 1 is 1.67 bits per heavy atom. The van der Waals surface area contributed by atoms with Crippen LogP contribution >= 0.6 is 0 Å². The number of rotatable bonds is 1. The molecule has 0 saturated carbocycles. The summed E-state index contributed by atoms with van der Waals surface area (Å²) in [4.78, 5) is 3.36. The first-order chi connectivity index (χ1) is 4.16. The van der Waals surface area contributed by atoms with Crippen LogP contribution in [0.2, 0.25) is 0 Å². The quantitative estimate of drug-likeness (QED) is 0.302.